The minimum Gasteiger partial charge on any atom is -0.352 e. The number of amides is 1. The number of carbonyl (C=O) groups is 1. The van der Waals surface area contributed by atoms with Gasteiger partial charge in [-0.1, -0.05) is 36.9 Å². The average molecular weight is 331 g/mol. The van der Waals surface area contributed by atoms with Crippen LogP contribution in [0.5, 0.6) is 0 Å². The molecule has 0 bridgehead atoms. The van der Waals surface area contributed by atoms with Crippen molar-refractivity contribution in [3.05, 3.63) is 47.3 Å². The van der Waals surface area contributed by atoms with Crippen molar-refractivity contribution >= 4 is 28.6 Å². The van der Waals surface area contributed by atoms with Crippen LogP contribution in [0.15, 0.2) is 46.9 Å². The molecule has 5 nitrogen and oxygen atoms in total. The first-order valence-corrected chi connectivity index (χ1v) is 8.58. The topological polar surface area (TPSA) is 64.0 Å². The van der Waals surface area contributed by atoms with Crippen LogP contribution >= 0.6 is 11.8 Å². The minimum atomic E-state index is -0.104. The lowest BCUT2D eigenvalue weighted by Crippen LogP contribution is -2.28. The van der Waals surface area contributed by atoms with Gasteiger partial charge in [-0.2, -0.15) is 0 Å². The zero-order valence-corrected chi connectivity index (χ0v) is 14.2. The van der Waals surface area contributed by atoms with Gasteiger partial charge < -0.3 is 5.32 Å². The molecular formula is C17H21N3O2S. The predicted octanol–water partition coefficient (Wildman–Crippen LogP) is 2.76. The molecule has 23 heavy (non-hydrogen) atoms. The zero-order chi connectivity index (χ0) is 16.8. The molecule has 1 heterocycles. The fourth-order valence-corrected chi connectivity index (χ4v) is 3.09. The second-order valence-corrected chi connectivity index (χ2v) is 6.17. The highest BCUT2D eigenvalue weighted by atomic mass is 32.2. The molecule has 2 aromatic rings. The van der Waals surface area contributed by atoms with Crippen molar-refractivity contribution in [2.24, 2.45) is 0 Å². The normalized spacial score (nSPS) is 12.1. The molecule has 6 heteroatoms. The molecule has 1 aromatic carbocycles. The fraction of sp³-hybridized carbons (Fsp3) is 0.353. The van der Waals surface area contributed by atoms with Gasteiger partial charge in [-0.05, 0) is 25.5 Å². The third kappa shape index (κ3) is 4.01. The molecule has 2 rings (SSSR count). The summed E-state index contributed by atoms with van der Waals surface area (Å²) in [5.74, 6) is 0.114. The number of fused-ring (bicyclic) bond motifs is 1. The van der Waals surface area contributed by atoms with Crippen LogP contribution < -0.4 is 10.9 Å². The molecule has 0 aliphatic carbocycles. The van der Waals surface area contributed by atoms with Crippen LogP contribution in [0.1, 0.15) is 26.3 Å². The Morgan fingerprint density at radius 3 is 2.91 bits per heavy atom. The van der Waals surface area contributed by atoms with E-state index in [0.717, 1.165) is 6.42 Å². The van der Waals surface area contributed by atoms with Crippen LogP contribution in [0, 0.1) is 0 Å². The van der Waals surface area contributed by atoms with Crippen LogP contribution in [0.2, 0.25) is 0 Å². The van der Waals surface area contributed by atoms with Gasteiger partial charge in [-0.3, -0.25) is 14.2 Å². The number of hydrogen-bond acceptors (Lipinski definition) is 4. The minimum absolute atomic E-state index is 0.0262. The Balaban J connectivity index is 2.38. The first-order chi connectivity index (χ1) is 11.1. The maximum Gasteiger partial charge on any atom is 0.262 e. The lowest BCUT2D eigenvalue weighted by Gasteiger charge is -2.18. The van der Waals surface area contributed by atoms with Crippen molar-refractivity contribution in [3.63, 3.8) is 0 Å². The van der Waals surface area contributed by atoms with Gasteiger partial charge in [0, 0.05) is 12.6 Å². The van der Waals surface area contributed by atoms with E-state index in [0.29, 0.717) is 22.6 Å². The SMILES string of the molecule is C=CCNC(=O)CSc1nc2ccccc2c(=O)n1C(C)CC. The molecule has 0 aliphatic rings. The molecule has 1 unspecified atom stereocenters. The van der Waals surface area contributed by atoms with Crippen molar-refractivity contribution in [1.82, 2.24) is 14.9 Å². The largest absolute Gasteiger partial charge is 0.352 e. The maximum atomic E-state index is 12.8. The highest BCUT2D eigenvalue weighted by molar-refractivity contribution is 7.99. The van der Waals surface area contributed by atoms with E-state index in [1.165, 1.54) is 11.8 Å². The molecule has 122 valence electrons. The molecule has 0 radical (unpaired) electrons. The third-order valence-electron chi connectivity index (χ3n) is 3.58. The number of para-hydroxylation sites is 1. The summed E-state index contributed by atoms with van der Waals surface area (Å²) in [5, 5.41) is 3.91. The summed E-state index contributed by atoms with van der Waals surface area (Å²) < 4.78 is 1.69. The van der Waals surface area contributed by atoms with Crippen molar-refractivity contribution in [2.75, 3.05) is 12.3 Å². The molecule has 1 N–H and O–H groups in total. The van der Waals surface area contributed by atoms with E-state index in [2.05, 4.69) is 16.9 Å². The molecule has 0 saturated heterocycles. The van der Waals surface area contributed by atoms with E-state index in [-0.39, 0.29) is 23.3 Å². The van der Waals surface area contributed by atoms with Gasteiger partial charge in [-0.15, -0.1) is 6.58 Å². The van der Waals surface area contributed by atoms with Crippen LogP contribution in [0.25, 0.3) is 10.9 Å². The number of aromatic nitrogens is 2. The van der Waals surface area contributed by atoms with E-state index in [1.807, 2.05) is 32.0 Å². The monoisotopic (exact) mass is 331 g/mol. The first kappa shape index (κ1) is 17.3. The van der Waals surface area contributed by atoms with Gasteiger partial charge in [0.15, 0.2) is 5.16 Å². The summed E-state index contributed by atoms with van der Waals surface area (Å²) in [5.41, 5.74) is 0.602. The molecule has 1 atom stereocenters. The molecule has 0 fully saturated rings. The second kappa shape index (κ2) is 7.97. The Morgan fingerprint density at radius 1 is 1.48 bits per heavy atom. The van der Waals surface area contributed by atoms with Crippen molar-refractivity contribution in [1.29, 1.82) is 0 Å². The van der Waals surface area contributed by atoms with Crippen LogP contribution in [-0.4, -0.2) is 27.8 Å². The molecular weight excluding hydrogens is 310 g/mol. The number of hydrogen-bond donors (Lipinski definition) is 1. The summed E-state index contributed by atoms with van der Waals surface area (Å²) in [6.07, 6.45) is 2.45. The number of thioether (sulfide) groups is 1. The van der Waals surface area contributed by atoms with Gasteiger partial charge >= 0.3 is 0 Å². The lowest BCUT2D eigenvalue weighted by atomic mass is 10.2. The van der Waals surface area contributed by atoms with Gasteiger partial charge in [0.2, 0.25) is 5.91 Å². The van der Waals surface area contributed by atoms with Gasteiger partial charge in [-0.25, -0.2) is 4.98 Å². The van der Waals surface area contributed by atoms with Gasteiger partial charge in [0.1, 0.15) is 0 Å². The molecule has 1 aromatic heterocycles. The summed E-state index contributed by atoms with van der Waals surface area (Å²) in [6.45, 7) is 8.01. The number of nitrogens with one attached hydrogen (secondary N) is 1. The first-order valence-electron chi connectivity index (χ1n) is 7.60. The average Bonchev–Trinajstić information content (AvgIpc) is 2.57. The summed E-state index contributed by atoms with van der Waals surface area (Å²) in [7, 11) is 0. The highest BCUT2D eigenvalue weighted by Gasteiger charge is 2.16. The van der Waals surface area contributed by atoms with E-state index in [4.69, 9.17) is 0 Å². The zero-order valence-electron chi connectivity index (χ0n) is 13.4. The Bertz CT molecular complexity index is 770. The van der Waals surface area contributed by atoms with E-state index >= 15 is 0 Å². The van der Waals surface area contributed by atoms with E-state index in [9.17, 15) is 9.59 Å². The molecule has 1 amide bonds. The summed E-state index contributed by atoms with van der Waals surface area (Å²) in [4.78, 5) is 29.1. The number of nitrogens with zero attached hydrogens (tertiary/aromatic N) is 2. The van der Waals surface area contributed by atoms with Crippen LogP contribution in [0.4, 0.5) is 0 Å². The van der Waals surface area contributed by atoms with Crippen molar-refractivity contribution in [3.8, 4) is 0 Å². The summed E-state index contributed by atoms with van der Waals surface area (Å²) in [6, 6.07) is 7.32. The van der Waals surface area contributed by atoms with E-state index < -0.39 is 0 Å². The number of carbonyl (C=O) groups excluding carboxylic acids is 1. The second-order valence-electron chi connectivity index (χ2n) is 5.23. The standard InChI is InChI=1S/C17H21N3O2S/c1-4-10-18-15(21)11-23-17-19-14-9-7-6-8-13(14)16(22)20(17)12(3)5-2/h4,6-9,12H,1,5,10-11H2,2-3H3,(H,18,21). The third-order valence-corrected chi connectivity index (χ3v) is 4.54. The van der Waals surface area contributed by atoms with Crippen LogP contribution in [-0.2, 0) is 4.79 Å². The highest BCUT2D eigenvalue weighted by Crippen LogP contribution is 2.22. The molecule has 0 saturated carbocycles. The molecule has 0 spiro atoms. The number of benzene rings is 1. The van der Waals surface area contributed by atoms with Crippen molar-refractivity contribution in [2.45, 2.75) is 31.5 Å². The fourth-order valence-electron chi connectivity index (χ4n) is 2.17. The quantitative estimate of drug-likeness (QED) is 0.481. The van der Waals surface area contributed by atoms with Gasteiger partial charge in [0.05, 0.1) is 16.7 Å². The molecule has 0 aliphatic heterocycles. The van der Waals surface area contributed by atoms with Crippen LogP contribution in [0.3, 0.4) is 0 Å². The van der Waals surface area contributed by atoms with Crippen molar-refractivity contribution < 1.29 is 4.79 Å². The predicted molar refractivity (Wildman–Crippen MR) is 94.9 cm³/mol. The Morgan fingerprint density at radius 2 is 2.22 bits per heavy atom. The maximum absolute atomic E-state index is 12.8. The Kier molecular flexibility index (Phi) is 5.98. The Labute approximate surface area is 139 Å². The lowest BCUT2D eigenvalue weighted by molar-refractivity contribution is -0.118. The summed E-state index contributed by atoms with van der Waals surface area (Å²) >= 11 is 1.28. The van der Waals surface area contributed by atoms with E-state index in [1.54, 1.807) is 16.7 Å². The van der Waals surface area contributed by atoms with Gasteiger partial charge in [0.25, 0.3) is 5.56 Å². The Hall–Kier alpha value is -2.08. The smallest absolute Gasteiger partial charge is 0.262 e. The number of rotatable bonds is 7.